The lowest BCUT2D eigenvalue weighted by Gasteiger charge is -2.33. The number of hydrogen-bond donors (Lipinski definition) is 4. The molecule has 1 aromatic heterocycles. The minimum absolute atomic E-state index is 0.00471. The van der Waals surface area contributed by atoms with Crippen molar-refractivity contribution in [1.29, 1.82) is 0 Å². The Kier molecular flexibility index (Phi) is 8.16. The second kappa shape index (κ2) is 11.9. The first-order valence-electron chi connectivity index (χ1n) is 11.6. The van der Waals surface area contributed by atoms with Crippen LogP contribution in [0.5, 0.6) is 5.75 Å². The van der Waals surface area contributed by atoms with Gasteiger partial charge in [0.15, 0.2) is 5.75 Å². The second-order valence-electron chi connectivity index (χ2n) is 8.37. The van der Waals surface area contributed by atoms with Crippen molar-refractivity contribution in [3.8, 4) is 5.75 Å². The normalized spacial score (nSPS) is 16.2. The average Bonchev–Trinajstić information content (AvgIpc) is 2.93. The number of amides is 3. The van der Waals surface area contributed by atoms with Crippen LogP contribution in [0.4, 0.5) is 0 Å². The summed E-state index contributed by atoms with van der Waals surface area (Å²) < 4.78 is 6.84. The molecule has 1 fully saturated rings. The second-order valence-corrected chi connectivity index (χ2v) is 8.37. The van der Waals surface area contributed by atoms with Crippen LogP contribution in [-0.4, -0.2) is 47.6 Å². The van der Waals surface area contributed by atoms with Crippen molar-refractivity contribution in [2.75, 3.05) is 13.1 Å². The fraction of sp³-hybridized carbons (Fsp3) is 0.231. The van der Waals surface area contributed by atoms with Gasteiger partial charge in [-0.15, -0.1) is 0 Å². The van der Waals surface area contributed by atoms with E-state index in [0.29, 0.717) is 0 Å². The fourth-order valence-corrected chi connectivity index (χ4v) is 3.50. The van der Waals surface area contributed by atoms with E-state index < -0.39 is 23.3 Å². The zero-order valence-corrected chi connectivity index (χ0v) is 19.9. The van der Waals surface area contributed by atoms with Gasteiger partial charge in [0.2, 0.25) is 17.2 Å². The molecule has 0 radical (unpaired) electrons. The molecule has 11 heteroatoms. The van der Waals surface area contributed by atoms with Crippen LogP contribution in [-0.2, 0) is 22.8 Å². The van der Waals surface area contributed by atoms with Crippen molar-refractivity contribution < 1.29 is 24.0 Å². The molecule has 5 N–H and O–H groups in total. The zero-order valence-electron chi connectivity index (χ0n) is 19.9. The number of carbonyl (C=O) groups excluding carboxylic acids is 3. The van der Waals surface area contributed by atoms with Crippen molar-refractivity contribution >= 4 is 17.7 Å². The average molecular weight is 506 g/mol. The van der Waals surface area contributed by atoms with Crippen LogP contribution in [0.15, 0.2) is 77.7 Å². The Morgan fingerprint density at radius 2 is 1.59 bits per heavy atom. The SMILES string of the molecule is NC1C(=O)NC1CNC(=O)CNC(=O)c1cc(=O)c(OCc2ccccc2)cn1OCc1ccccc1. The number of β-lactam (4-membered cyclic amide) rings is 1. The lowest BCUT2D eigenvalue weighted by molar-refractivity contribution is -0.131. The molecule has 3 aromatic rings. The largest absolute Gasteiger partial charge is 0.483 e. The molecule has 0 saturated carbocycles. The lowest BCUT2D eigenvalue weighted by atomic mass is 10.0. The first-order valence-corrected chi connectivity index (χ1v) is 11.6. The number of carbonyl (C=O) groups is 3. The van der Waals surface area contributed by atoms with Crippen molar-refractivity contribution in [2.24, 2.45) is 5.73 Å². The molecule has 0 aliphatic carbocycles. The van der Waals surface area contributed by atoms with Gasteiger partial charge in [0.25, 0.3) is 5.91 Å². The van der Waals surface area contributed by atoms with Gasteiger partial charge < -0.3 is 31.3 Å². The Hall–Kier alpha value is -4.64. The van der Waals surface area contributed by atoms with E-state index in [9.17, 15) is 19.2 Å². The predicted molar refractivity (Wildman–Crippen MR) is 133 cm³/mol. The standard InChI is InChI=1S/C26H27N5O6/c27-24-19(30-26(24)35)12-28-23(33)13-29-25(34)20-11-21(32)22(36-15-17-7-3-1-4-8-17)14-31(20)37-16-18-9-5-2-6-10-18/h1-11,14,19,24H,12-13,15-16,27H2,(H,28,33)(H,29,34)(H,30,35). The highest BCUT2D eigenvalue weighted by Gasteiger charge is 2.35. The summed E-state index contributed by atoms with van der Waals surface area (Å²) in [5, 5.41) is 7.63. The molecule has 2 atom stereocenters. The number of nitrogens with zero attached hydrogens (tertiary/aromatic N) is 1. The van der Waals surface area contributed by atoms with Crippen molar-refractivity contribution in [3.63, 3.8) is 0 Å². The molecule has 37 heavy (non-hydrogen) atoms. The third-order valence-electron chi connectivity index (χ3n) is 5.66. The van der Waals surface area contributed by atoms with E-state index in [1.165, 1.54) is 6.20 Å². The smallest absolute Gasteiger partial charge is 0.271 e. The molecule has 0 spiro atoms. The Labute approximate surface area is 212 Å². The molecule has 11 nitrogen and oxygen atoms in total. The third-order valence-corrected chi connectivity index (χ3v) is 5.66. The Morgan fingerprint density at radius 1 is 0.946 bits per heavy atom. The van der Waals surface area contributed by atoms with Gasteiger partial charge in [0.1, 0.15) is 24.9 Å². The Bertz CT molecular complexity index is 1310. The minimum atomic E-state index is -0.691. The van der Waals surface area contributed by atoms with E-state index in [1.807, 2.05) is 60.7 Å². The Balaban J connectivity index is 1.43. The molecule has 1 aliphatic heterocycles. The molecule has 2 heterocycles. The zero-order chi connectivity index (χ0) is 26.2. The van der Waals surface area contributed by atoms with E-state index in [0.717, 1.165) is 21.9 Å². The van der Waals surface area contributed by atoms with E-state index >= 15 is 0 Å². The summed E-state index contributed by atoms with van der Waals surface area (Å²) in [7, 11) is 0. The quantitative estimate of drug-likeness (QED) is 0.262. The lowest BCUT2D eigenvalue weighted by Crippen LogP contribution is -2.69. The fourth-order valence-electron chi connectivity index (χ4n) is 3.50. The molecule has 3 amide bonds. The van der Waals surface area contributed by atoms with Crippen LogP contribution in [0.1, 0.15) is 21.6 Å². The first kappa shape index (κ1) is 25.5. The van der Waals surface area contributed by atoms with Gasteiger partial charge in [-0.05, 0) is 11.1 Å². The first-order chi connectivity index (χ1) is 17.9. The third kappa shape index (κ3) is 6.73. The maximum absolute atomic E-state index is 12.9. The predicted octanol–water partition coefficient (Wildman–Crippen LogP) is -0.272. The number of nitrogens with one attached hydrogen (secondary N) is 3. The number of aromatic nitrogens is 1. The molecular weight excluding hydrogens is 478 g/mol. The maximum Gasteiger partial charge on any atom is 0.271 e. The minimum Gasteiger partial charge on any atom is -0.483 e. The summed E-state index contributed by atoms with van der Waals surface area (Å²) in [4.78, 5) is 54.7. The van der Waals surface area contributed by atoms with E-state index in [1.54, 1.807) is 0 Å². The monoisotopic (exact) mass is 505 g/mol. The van der Waals surface area contributed by atoms with Crippen molar-refractivity contribution in [3.05, 3.63) is 100.0 Å². The molecule has 2 aromatic carbocycles. The molecule has 2 unspecified atom stereocenters. The summed E-state index contributed by atoms with van der Waals surface area (Å²) >= 11 is 0. The summed E-state index contributed by atoms with van der Waals surface area (Å²) in [5.41, 5.74) is 6.73. The molecule has 1 saturated heterocycles. The van der Waals surface area contributed by atoms with E-state index in [4.69, 9.17) is 15.3 Å². The highest BCUT2D eigenvalue weighted by atomic mass is 16.7. The number of ether oxygens (including phenoxy) is 1. The van der Waals surface area contributed by atoms with Gasteiger partial charge in [-0.1, -0.05) is 60.7 Å². The maximum atomic E-state index is 12.9. The summed E-state index contributed by atoms with van der Waals surface area (Å²) in [6.07, 6.45) is 1.31. The summed E-state index contributed by atoms with van der Waals surface area (Å²) in [5.74, 6) is -1.45. The number of nitrogens with two attached hydrogens (primary N) is 1. The van der Waals surface area contributed by atoms with Crippen molar-refractivity contribution in [1.82, 2.24) is 20.7 Å². The number of pyridine rings is 1. The van der Waals surface area contributed by atoms with Gasteiger partial charge in [-0.2, -0.15) is 4.73 Å². The van der Waals surface area contributed by atoms with Crippen LogP contribution in [0, 0.1) is 0 Å². The van der Waals surface area contributed by atoms with Crippen LogP contribution in [0.2, 0.25) is 0 Å². The van der Waals surface area contributed by atoms with Gasteiger partial charge in [-0.25, -0.2) is 0 Å². The van der Waals surface area contributed by atoms with Gasteiger partial charge in [-0.3, -0.25) is 19.2 Å². The Morgan fingerprint density at radius 3 is 2.22 bits per heavy atom. The van der Waals surface area contributed by atoms with E-state index in [2.05, 4.69) is 16.0 Å². The number of rotatable bonds is 11. The molecule has 4 rings (SSSR count). The highest BCUT2D eigenvalue weighted by Crippen LogP contribution is 2.11. The van der Waals surface area contributed by atoms with Crippen LogP contribution in [0.25, 0.3) is 0 Å². The van der Waals surface area contributed by atoms with Gasteiger partial charge in [0.05, 0.1) is 18.8 Å². The van der Waals surface area contributed by atoms with Crippen molar-refractivity contribution in [2.45, 2.75) is 25.3 Å². The summed E-state index contributed by atoms with van der Waals surface area (Å²) in [6, 6.07) is 18.7. The van der Waals surface area contributed by atoms with Crippen LogP contribution < -0.4 is 36.7 Å². The highest BCUT2D eigenvalue weighted by molar-refractivity contribution is 5.95. The summed E-state index contributed by atoms with van der Waals surface area (Å²) in [6.45, 7) is 0.0649. The molecule has 192 valence electrons. The van der Waals surface area contributed by atoms with Crippen LogP contribution in [0.3, 0.4) is 0 Å². The van der Waals surface area contributed by atoms with Gasteiger partial charge >= 0.3 is 0 Å². The number of benzene rings is 2. The molecule has 0 bridgehead atoms. The molecule has 1 aliphatic rings. The van der Waals surface area contributed by atoms with E-state index in [-0.39, 0.29) is 49.7 Å². The van der Waals surface area contributed by atoms with Crippen LogP contribution >= 0.6 is 0 Å². The number of hydrogen-bond acceptors (Lipinski definition) is 7. The van der Waals surface area contributed by atoms with Gasteiger partial charge in [0, 0.05) is 12.6 Å². The molecular formula is C26H27N5O6. The topological polar surface area (TPSA) is 154 Å².